The minimum Gasteiger partial charge on any atom is -0.361 e. The van der Waals surface area contributed by atoms with Crippen LogP contribution in [0.25, 0.3) is 22.4 Å². The van der Waals surface area contributed by atoms with E-state index in [-0.39, 0.29) is 30.5 Å². The van der Waals surface area contributed by atoms with E-state index in [0.717, 1.165) is 34.7 Å². The summed E-state index contributed by atoms with van der Waals surface area (Å²) in [5, 5.41) is 5.09. The highest BCUT2D eigenvalue weighted by Gasteiger charge is 2.35. The second kappa shape index (κ2) is 6.26. The Morgan fingerprint density at radius 2 is 1.93 bits per heavy atom. The maximum absolute atomic E-state index is 13.5. The molecule has 28 heavy (non-hydrogen) atoms. The molecule has 0 bridgehead atoms. The van der Waals surface area contributed by atoms with Gasteiger partial charge in [-0.15, -0.1) is 0 Å². The second-order valence-electron chi connectivity index (χ2n) is 6.77. The molecule has 1 atom stereocenters. The summed E-state index contributed by atoms with van der Waals surface area (Å²) in [6, 6.07) is 10.8. The van der Waals surface area contributed by atoms with E-state index < -0.39 is 11.6 Å². The Labute approximate surface area is 157 Å². The second-order valence-corrected chi connectivity index (χ2v) is 6.77. The highest BCUT2D eigenvalue weighted by Crippen LogP contribution is 2.32. The van der Waals surface area contributed by atoms with E-state index in [1.807, 2.05) is 30.5 Å². The molecule has 6 nitrogen and oxygen atoms in total. The Hall–Kier alpha value is -3.55. The van der Waals surface area contributed by atoms with Gasteiger partial charge in [0.15, 0.2) is 5.82 Å². The molecule has 1 saturated heterocycles. The largest absolute Gasteiger partial charge is 0.361 e. The fourth-order valence-corrected chi connectivity index (χ4v) is 3.52. The molecular formula is C20H14F2N4O2. The van der Waals surface area contributed by atoms with Gasteiger partial charge >= 0.3 is 0 Å². The van der Waals surface area contributed by atoms with E-state index in [4.69, 9.17) is 4.52 Å². The lowest BCUT2D eigenvalue weighted by Crippen LogP contribution is -2.24. The number of amides is 1. The summed E-state index contributed by atoms with van der Waals surface area (Å²) in [5.74, 6) is -1.26. The van der Waals surface area contributed by atoms with Crippen LogP contribution in [0.5, 0.6) is 0 Å². The number of hydrogen-bond donors (Lipinski definition) is 1. The van der Waals surface area contributed by atoms with Gasteiger partial charge in [0.1, 0.15) is 11.6 Å². The maximum atomic E-state index is 13.5. The lowest BCUT2D eigenvalue weighted by atomic mass is 10.1. The Kier molecular flexibility index (Phi) is 3.71. The van der Waals surface area contributed by atoms with Crippen molar-refractivity contribution in [2.75, 3.05) is 11.4 Å². The third-order valence-electron chi connectivity index (χ3n) is 4.89. The molecule has 1 fully saturated rings. The molecule has 140 valence electrons. The van der Waals surface area contributed by atoms with Gasteiger partial charge in [0.2, 0.25) is 5.91 Å². The van der Waals surface area contributed by atoms with E-state index >= 15 is 0 Å². The van der Waals surface area contributed by atoms with Crippen molar-refractivity contribution in [2.45, 2.75) is 12.3 Å². The summed E-state index contributed by atoms with van der Waals surface area (Å²) in [4.78, 5) is 21.3. The van der Waals surface area contributed by atoms with Crippen molar-refractivity contribution in [3.8, 4) is 11.5 Å². The molecule has 1 N–H and O–H groups in total. The first kappa shape index (κ1) is 16.6. The summed E-state index contributed by atoms with van der Waals surface area (Å²) in [6.45, 7) is 0.233. The monoisotopic (exact) mass is 380 g/mol. The predicted molar refractivity (Wildman–Crippen MR) is 97.7 cm³/mol. The average Bonchev–Trinajstić information content (AvgIpc) is 3.39. The van der Waals surface area contributed by atoms with Gasteiger partial charge in [-0.1, -0.05) is 11.2 Å². The number of carbonyl (C=O) groups excluding carboxylic acids is 1. The van der Waals surface area contributed by atoms with Crippen molar-refractivity contribution in [1.82, 2.24) is 15.1 Å². The Balaban J connectivity index is 1.41. The lowest BCUT2D eigenvalue weighted by Gasteiger charge is -2.16. The van der Waals surface area contributed by atoms with Crippen molar-refractivity contribution in [3.05, 3.63) is 66.1 Å². The zero-order valence-electron chi connectivity index (χ0n) is 14.5. The number of halogens is 2. The fourth-order valence-electron chi connectivity index (χ4n) is 3.52. The minimum absolute atomic E-state index is 0.146. The van der Waals surface area contributed by atoms with Gasteiger partial charge in [-0.3, -0.25) is 4.79 Å². The number of benzene rings is 2. The van der Waals surface area contributed by atoms with Crippen LogP contribution in [0.4, 0.5) is 14.5 Å². The van der Waals surface area contributed by atoms with Gasteiger partial charge in [0.05, 0.1) is 0 Å². The first-order valence-corrected chi connectivity index (χ1v) is 8.74. The number of anilines is 1. The topological polar surface area (TPSA) is 75.0 Å². The molecule has 1 aliphatic rings. The van der Waals surface area contributed by atoms with Crippen LogP contribution in [-0.2, 0) is 4.79 Å². The molecule has 1 aliphatic heterocycles. The van der Waals surface area contributed by atoms with Gasteiger partial charge in [-0.25, -0.2) is 8.78 Å². The average molecular weight is 380 g/mol. The molecule has 0 saturated carbocycles. The SMILES string of the molecule is O=C1CC(c2noc(-c3ccc4cc[nH]c4c3)n2)CN1c1cc(F)cc(F)c1. The molecule has 0 aliphatic carbocycles. The maximum Gasteiger partial charge on any atom is 0.258 e. The molecule has 0 spiro atoms. The molecule has 2 aromatic carbocycles. The van der Waals surface area contributed by atoms with Crippen molar-refractivity contribution in [2.24, 2.45) is 0 Å². The number of nitrogens with zero attached hydrogens (tertiary/aromatic N) is 3. The molecule has 1 unspecified atom stereocenters. The number of rotatable bonds is 3. The molecule has 3 heterocycles. The number of fused-ring (bicyclic) bond motifs is 1. The van der Waals surface area contributed by atoms with Crippen molar-refractivity contribution >= 4 is 22.5 Å². The number of aromatic amines is 1. The minimum atomic E-state index is -0.729. The molecule has 5 rings (SSSR count). The predicted octanol–water partition coefficient (Wildman–Crippen LogP) is 4.02. The van der Waals surface area contributed by atoms with E-state index in [9.17, 15) is 13.6 Å². The first-order valence-electron chi connectivity index (χ1n) is 8.74. The van der Waals surface area contributed by atoms with E-state index in [1.54, 1.807) is 0 Å². The Morgan fingerprint density at radius 3 is 2.75 bits per heavy atom. The highest BCUT2D eigenvalue weighted by atomic mass is 19.1. The van der Waals surface area contributed by atoms with Crippen LogP contribution in [-0.4, -0.2) is 27.6 Å². The highest BCUT2D eigenvalue weighted by molar-refractivity contribution is 5.96. The third-order valence-corrected chi connectivity index (χ3v) is 4.89. The molecule has 1 amide bonds. The van der Waals surface area contributed by atoms with E-state index in [1.165, 1.54) is 4.90 Å². The molecule has 0 radical (unpaired) electrons. The Morgan fingerprint density at radius 1 is 1.11 bits per heavy atom. The standard InChI is InChI=1S/C20H14F2N4O2/c21-14-7-15(22)9-16(8-14)26-10-13(6-18(26)27)19-24-20(28-25-19)12-2-1-11-3-4-23-17(11)5-12/h1-5,7-9,13,23H,6,10H2. The van der Waals surface area contributed by atoms with Crippen LogP contribution in [0.3, 0.4) is 0 Å². The summed E-state index contributed by atoms with van der Waals surface area (Å²) >= 11 is 0. The van der Waals surface area contributed by atoms with Gasteiger partial charge in [-0.2, -0.15) is 4.98 Å². The molecule has 4 aromatic rings. The zero-order valence-corrected chi connectivity index (χ0v) is 14.5. The third kappa shape index (κ3) is 2.83. The van der Waals surface area contributed by atoms with Crippen LogP contribution in [0.15, 0.2) is 53.2 Å². The van der Waals surface area contributed by atoms with Crippen molar-refractivity contribution < 1.29 is 18.1 Å². The van der Waals surface area contributed by atoms with Crippen LogP contribution >= 0.6 is 0 Å². The van der Waals surface area contributed by atoms with Crippen molar-refractivity contribution in [1.29, 1.82) is 0 Å². The van der Waals surface area contributed by atoms with Crippen LogP contribution in [0, 0.1) is 11.6 Å². The zero-order chi connectivity index (χ0) is 19.3. The number of carbonyl (C=O) groups is 1. The smallest absolute Gasteiger partial charge is 0.258 e. The summed E-state index contributed by atoms with van der Waals surface area (Å²) < 4.78 is 32.4. The summed E-state index contributed by atoms with van der Waals surface area (Å²) in [5.41, 5.74) is 1.90. The van der Waals surface area contributed by atoms with Gasteiger partial charge in [0, 0.05) is 47.9 Å². The number of aromatic nitrogens is 3. The van der Waals surface area contributed by atoms with E-state index in [0.29, 0.717) is 11.7 Å². The van der Waals surface area contributed by atoms with Gasteiger partial charge in [0.25, 0.3) is 5.89 Å². The first-order chi connectivity index (χ1) is 13.6. The fraction of sp³-hybridized carbons (Fsp3) is 0.150. The van der Waals surface area contributed by atoms with Crippen LogP contribution < -0.4 is 4.90 Å². The molecular weight excluding hydrogens is 366 g/mol. The lowest BCUT2D eigenvalue weighted by molar-refractivity contribution is -0.117. The summed E-state index contributed by atoms with van der Waals surface area (Å²) in [6.07, 6.45) is 1.99. The number of hydrogen-bond acceptors (Lipinski definition) is 4. The van der Waals surface area contributed by atoms with Gasteiger partial charge in [-0.05, 0) is 35.7 Å². The quantitative estimate of drug-likeness (QED) is 0.583. The number of H-pyrrole nitrogens is 1. The molecule has 2 aromatic heterocycles. The summed E-state index contributed by atoms with van der Waals surface area (Å²) in [7, 11) is 0. The molecule has 8 heteroatoms. The van der Waals surface area contributed by atoms with E-state index in [2.05, 4.69) is 15.1 Å². The Bertz CT molecular complexity index is 1180. The van der Waals surface area contributed by atoms with Crippen molar-refractivity contribution in [3.63, 3.8) is 0 Å². The van der Waals surface area contributed by atoms with Gasteiger partial charge < -0.3 is 14.4 Å². The number of nitrogens with one attached hydrogen (secondary N) is 1. The van der Waals surface area contributed by atoms with Crippen LogP contribution in [0.2, 0.25) is 0 Å². The normalized spacial score (nSPS) is 17.0. The van der Waals surface area contributed by atoms with Crippen LogP contribution in [0.1, 0.15) is 18.2 Å².